The smallest absolute Gasteiger partial charge is 0.261 e. The van der Waals surface area contributed by atoms with Crippen LogP contribution < -0.4 is 4.90 Å². The molecular weight excluding hydrogens is 331 g/mol. The molecule has 0 radical (unpaired) electrons. The van der Waals surface area contributed by atoms with Crippen molar-refractivity contribution < 1.29 is 14.0 Å². The van der Waals surface area contributed by atoms with Crippen molar-refractivity contribution >= 4 is 17.5 Å². The standard InChI is InChI=1S/C21H21FN2O2/c22-16-5-7-17(8-6-16)23-12-9-15(10-13-23)11-14-24-20(25)18-3-1-2-4-19(18)21(24)26/h1-8,15H,9-14H2. The van der Waals surface area contributed by atoms with E-state index < -0.39 is 0 Å². The summed E-state index contributed by atoms with van der Waals surface area (Å²) in [6.45, 7) is 2.31. The first-order chi connectivity index (χ1) is 12.6. The summed E-state index contributed by atoms with van der Waals surface area (Å²) in [6, 6.07) is 13.6. The van der Waals surface area contributed by atoms with E-state index in [-0.39, 0.29) is 17.6 Å². The Morgan fingerprint density at radius 3 is 2.04 bits per heavy atom. The maximum atomic E-state index is 13.0. The van der Waals surface area contributed by atoms with Gasteiger partial charge in [0.2, 0.25) is 0 Å². The van der Waals surface area contributed by atoms with Crippen molar-refractivity contribution in [2.75, 3.05) is 24.5 Å². The molecule has 2 aliphatic heterocycles. The van der Waals surface area contributed by atoms with Gasteiger partial charge in [0.05, 0.1) is 11.1 Å². The predicted molar refractivity (Wildman–Crippen MR) is 97.8 cm³/mol. The second-order valence-electron chi connectivity index (χ2n) is 7.00. The van der Waals surface area contributed by atoms with Gasteiger partial charge in [-0.1, -0.05) is 12.1 Å². The maximum Gasteiger partial charge on any atom is 0.261 e. The van der Waals surface area contributed by atoms with Crippen molar-refractivity contribution in [2.24, 2.45) is 5.92 Å². The maximum absolute atomic E-state index is 13.0. The summed E-state index contributed by atoms with van der Waals surface area (Å²) in [5.41, 5.74) is 2.08. The molecule has 2 aliphatic rings. The number of rotatable bonds is 4. The summed E-state index contributed by atoms with van der Waals surface area (Å²) >= 11 is 0. The molecule has 0 spiro atoms. The molecule has 0 aliphatic carbocycles. The lowest BCUT2D eigenvalue weighted by molar-refractivity contribution is 0.0643. The fourth-order valence-corrected chi connectivity index (χ4v) is 3.89. The number of halogens is 1. The van der Waals surface area contributed by atoms with E-state index in [1.807, 2.05) is 12.1 Å². The number of anilines is 1. The first-order valence-corrected chi connectivity index (χ1v) is 9.09. The second kappa shape index (κ2) is 6.90. The average molecular weight is 352 g/mol. The third-order valence-corrected chi connectivity index (χ3v) is 5.45. The zero-order valence-corrected chi connectivity index (χ0v) is 14.5. The molecule has 4 nitrogen and oxygen atoms in total. The van der Waals surface area contributed by atoms with Crippen LogP contribution in [0.2, 0.25) is 0 Å². The SMILES string of the molecule is O=C1c2ccccc2C(=O)N1CCC1CCN(c2ccc(F)cc2)CC1. The van der Waals surface area contributed by atoms with Gasteiger partial charge in [0.25, 0.3) is 11.8 Å². The monoisotopic (exact) mass is 352 g/mol. The second-order valence-corrected chi connectivity index (χ2v) is 7.00. The van der Waals surface area contributed by atoms with E-state index in [1.54, 1.807) is 24.3 Å². The summed E-state index contributed by atoms with van der Waals surface area (Å²) in [4.78, 5) is 28.5. The molecule has 0 bridgehead atoms. The quantitative estimate of drug-likeness (QED) is 0.788. The lowest BCUT2D eigenvalue weighted by Gasteiger charge is -2.34. The fraction of sp³-hybridized carbons (Fsp3) is 0.333. The van der Waals surface area contributed by atoms with Crippen LogP contribution in [0.5, 0.6) is 0 Å². The molecule has 134 valence electrons. The fourth-order valence-electron chi connectivity index (χ4n) is 3.89. The van der Waals surface area contributed by atoms with Gasteiger partial charge in [-0.2, -0.15) is 0 Å². The molecular formula is C21H21FN2O2. The molecule has 1 saturated heterocycles. The number of fused-ring (bicyclic) bond motifs is 1. The third-order valence-electron chi connectivity index (χ3n) is 5.45. The molecule has 0 N–H and O–H groups in total. The van der Waals surface area contributed by atoms with Crippen LogP contribution >= 0.6 is 0 Å². The predicted octanol–water partition coefficient (Wildman–Crippen LogP) is 3.73. The molecule has 4 rings (SSSR count). The molecule has 0 atom stereocenters. The molecule has 1 fully saturated rings. The zero-order valence-electron chi connectivity index (χ0n) is 14.5. The van der Waals surface area contributed by atoms with Crippen molar-refractivity contribution in [3.05, 3.63) is 65.5 Å². The number of benzene rings is 2. The Kier molecular flexibility index (Phi) is 4.45. The van der Waals surface area contributed by atoms with Crippen molar-refractivity contribution in [2.45, 2.75) is 19.3 Å². The molecule has 0 saturated carbocycles. The summed E-state index contributed by atoms with van der Waals surface area (Å²) in [7, 11) is 0. The highest BCUT2D eigenvalue weighted by Crippen LogP contribution is 2.28. The van der Waals surface area contributed by atoms with Gasteiger partial charge < -0.3 is 4.90 Å². The van der Waals surface area contributed by atoms with Crippen molar-refractivity contribution in [1.29, 1.82) is 0 Å². The molecule has 2 heterocycles. The number of hydrogen-bond donors (Lipinski definition) is 0. The van der Waals surface area contributed by atoms with E-state index in [0.717, 1.165) is 38.0 Å². The Bertz CT molecular complexity index is 791. The van der Waals surface area contributed by atoms with Gasteiger partial charge in [-0.25, -0.2) is 4.39 Å². The number of imide groups is 1. The van der Waals surface area contributed by atoms with E-state index in [1.165, 1.54) is 17.0 Å². The summed E-state index contributed by atoms with van der Waals surface area (Å²) in [5, 5.41) is 0. The van der Waals surface area contributed by atoms with Crippen LogP contribution in [0.4, 0.5) is 10.1 Å². The van der Waals surface area contributed by atoms with E-state index in [4.69, 9.17) is 0 Å². The lowest BCUT2D eigenvalue weighted by Crippen LogP contribution is -2.36. The summed E-state index contributed by atoms with van der Waals surface area (Å²) in [6.07, 6.45) is 2.86. The van der Waals surface area contributed by atoms with Crippen LogP contribution in [-0.4, -0.2) is 36.3 Å². The van der Waals surface area contributed by atoms with Crippen LogP contribution in [0.15, 0.2) is 48.5 Å². The first-order valence-electron chi connectivity index (χ1n) is 9.09. The Morgan fingerprint density at radius 1 is 0.885 bits per heavy atom. The number of carbonyl (C=O) groups excluding carboxylic acids is 2. The topological polar surface area (TPSA) is 40.6 Å². The number of piperidine rings is 1. The molecule has 5 heteroatoms. The summed E-state index contributed by atoms with van der Waals surface area (Å²) in [5.74, 6) is -0.0655. The van der Waals surface area contributed by atoms with Gasteiger partial charge in [-0.05, 0) is 61.6 Å². The normalized spacial score (nSPS) is 17.7. The van der Waals surface area contributed by atoms with E-state index in [0.29, 0.717) is 23.6 Å². The number of hydrogen-bond acceptors (Lipinski definition) is 3. The van der Waals surface area contributed by atoms with Crippen molar-refractivity contribution in [1.82, 2.24) is 4.90 Å². The number of nitrogens with zero attached hydrogens (tertiary/aromatic N) is 2. The van der Waals surface area contributed by atoms with Gasteiger partial charge in [0.1, 0.15) is 5.82 Å². The highest BCUT2D eigenvalue weighted by molar-refractivity contribution is 6.21. The molecule has 26 heavy (non-hydrogen) atoms. The van der Waals surface area contributed by atoms with Crippen LogP contribution in [-0.2, 0) is 0 Å². The van der Waals surface area contributed by atoms with Crippen LogP contribution in [0.3, 0.4) is 0 Å². The lowest BCUT2D eigenvalue weighted by atomic mass is 9.93. The van der Waals surface area contributed by atoms with Crippen LogP contribution in [0.25, 0.3) is 0 Å². The van der Waals surface area contributed by atoms with Gasteiger partial charge in [0.15, 0.2) is 0 Å². The average Bonchev–Trinajstić information content (AvgIpc) is 2.92. The molecule has 2 aromatic carbocycles. The third kappa shape index (κ3) is 3.09. The molecule has 0 aromatic heterocycles. The Morgan fingerprint density at radius 2 is 1.46 bits per heavy atom. The Labute approximate surface area is 152 Å². The highest BCUT2D eigenvalue weighted by Gasteiger charge is 2.35. The largest absolute Gasteiger partial charge is 0.372 e. The van der Waals surface area contributed by atoms with Crippen LogP contribution in [0.1, 0.15) is 40.0 Å². The Balaban J connectivity index is 1.31. The van der Waals surface area contributed by atoms with Crippen LogP contribution in [0, 0.1) is 11.7 Å². The minimum atomic E-state index is -0.218. The first kappa shape index (κ1) is 16.8. The minimum Gasteiger partial charge on any atom is -0.372 e. The van der Waals surface area contributed by atoms with Gasteiger partial charge in [-0.3, -0.25) is 14.5 Å². The number of carbonyl (C=O) groups is 2. The van der Waals surface area contributed by atoms with E-state index >= 15 is 0 Å². The highest BCUT2D eigenvalue weighted by atomic mass is 19.1. The van der Waals surface area contributed by atoms with Crippen molar-refractivity contribution in [3.8, 4) is 0 Å². The number of amides is 2. The Hall–Kier alpha value is -2.69. The minimum absolute atomic E-state index is 0.172. The summed E-state index contributed by atoms with van der Waals surface area (Å²) < 4.78 is 13.0. The molecule has 2 aromatic rings. The van der Waals surface area contributed by atoms with E-state index in [2.05, 4.69) is 4.90 Å². The zero-order chi connectivity index (χ0) is 18.1. The van der Waals surface area contributed by atoms with Crippen molar-refractivity contribution in [3.63, 3.8) is 0 Å². The molecule has 2 amide bonds. The molecule has 0 unspecified atom stereocenters. The van der Waals surface area contributed by atoms with Gasteiger partial charge >= 0.3 is 0 Å². The van der Waals surface area contributed by atoms with Gasteiger partial charge in [0, 0.05) is 25.3 Å². The van der Waals surface area contributed by atoms with E-state index in [9.17, 15) is 14.0 Å². The van der Waals surface area contributed by atoms with Gasteiger partial charge in [-0.15, -0.1) is 0 Å².